The summed E-state index contributed by atoms with van der Waals surface area (Å²) in [7, 11) is 0. The van der Waals surface area contributed by atoms with Crippen LogP contribution in [0.2, 0.25) is 5.02 Å². The number of anilines is 1. The zero-order valence-corrected chi connectivity index (χ0v) is 16.5. The lowest BCUT2D eigenvalue weighted by Gasteiger charge is -2.16. The van der Waals surface area contributed by atoms with Gasteiger partial charge in [0.1, 0.15) is 18.2 Å². The lowest BCUT2D eigenvalue weighted by molar-refractivity contribution is -0.129. The number of amides is 2. The highest BCUT2D eigenvalue weighted by atomic mass is 35.5. The minimum atomic E-state index is -0.548. The first-order valence-corrected chi connectivity index (χ1v) is 9.86. The van der Waals surface area contributed by atoms with Crippen LogP contribution in [0.15, 0.2) is 42.5 Å². The molecule has 0 radical (unpaired) electrons. The SMILES string of the molecule is O=C(Cn1c(CC(=O)N2CCCC2)nc2ccccc21)Nc1ccc(F)c(Cl)c1. The molecule has 0 unspecified atom stereocenters. The lowest BCUT2D eigenvalue weighted by Crippen LogP contribution is -2.30. The predicted molar refractivity (Wildman–Crippen MR) is 109 cm³/mol. The van der Waals surface area contributed by atoms with E-state index in [1.165, 1.54) is 18.2 Å². The summed E-state index contributed by atoms with van der Waals surface area (Å²) in [4.78, 5) is 31.6. The molecule has 150 valence electrons. The van der Waals surface area contributed by atoms with E-state index in [4.69, 9.17) is 11.6 Å². The monoisotopic (exact) mass is 414 g/mol. The molecule has 1 N–H and O–H groups in total. The van der Waals surface area contributed by atoms with Crippen LogP contribution >= 0.6 is 11.6 Å². The minimum absolute atomic E-state index is 0.0158. The number of carbonyl (C=O) groups excluding carboxylic acids is 2. The molecule has 1 aliphatic heterocycles. The number of benzene rings is 2. The zero-order chi connectivity index (χ0) is 20.4. The van der Waals surface area contributed by atoms with Crippen molar-refractivity contribution in [1.29, 1.82) is 0 Å². The van der Waals surface area contributed by atoms with Gasteiger partial charge in [-0.15, -0.1) is 0 Å². The normalized spacial score (nSPS) is 13.8. The Hall–Kier alpha value is -2.93. The molecule has 3 aromatic rings. The number of carbonyl (C=O) groups is 2. The summed E-state index contributed by atoms with van der Waals surface area (Å²) in [5.74, 6) is -0.293. The van der Waals surface area contributed by atoms with Crippen molar-refractivity contribution in [3.05, 3.63) is 59.1 Å². The number of hydrogen-bond acceptors (Lipinski definition) is 3. The standard InChI is InChI=1S/C21H20ClFN4O2/c22-15-11-14(7-8-16(15)23)24-20(28)13-27-18-6-2-1-5-17(18)25-19(27)12-21(29)26-9-3-4-10-26/h1-2,5-8,11H,3-4,9-10,12-13H2,(H,24,28). The molecule has 4 rings (SSSR count). The molecule has 0 bridgehead atoms. The summed E-state index contributed by atoms with van der Waals surface area (Å²) >= 11 is 5.78. The first kappa shape index (κ1) is 19.4. The maximum Gasteiger partial charge on any atom is 0.244 e. The van der Waals surface area contributed by atoms with Crippen LogP contribution in [0.1, 0.15) is 18.7 Å². The number of imidazole rings is 1. The van der Waals surface area contributed by atoms with E-state index in [2.05, 4.69) is 10.3 Å². The molecule has 2 heterocycles. The molecule has 0 spiro atoms. The molecule has 1 saturated heterocycles. The van der Waals surface area contributed by atoms with Crippen LogP contribution in [0.5, 0.6) is 0 Å². The molecule has 0 aliphatic carbocycles. The van der Waals surface area contributed by atoms with Crippen LogP contribution in [0.4, 0.5) is 10.1 Å². The molecule has 6 nitrogen and oxygen atoms in total. The average molecular weight is 415 g/mol. The van der Waals surface area contributed by atoms with E-state index in [1.54, 1.807) is 4.57 Å². The molecule has 1 aliphatic rings. The van der Waals surface area contributed by atoms with Gasteiger partial charge in [0, 0.05) is 18.8 Å². The highest BCUT2D eigenvalue weighted by Gasteiger charge is 2.22. The third-order valence-electron chi connectivity index (χ3n) is 5.01. The van der Waals surface area contributed by atoms with Gasteiger partial charge in [-0.05, 0) is 43.2 Å². The molecular formula is C21H20ClFN4O2. The van der Waals surface area contributed by atoms with Gasteiger partial charge < -0.3 is 14.8 Å². The van der Waals surface area contributed by atoms with Gasteiger partial charge >= 0.3 is 0 Å². The van der Waals surface area contributed by atoms with Crippen molar-refractivity contribution in [2.75, 3.05) is 18.4 Å². The molecule has 1 fully saturated rings. The Bertz CT molecular complexity index is 1080. The fraction of sp³-hybridized carbons (Fsp3) is 0.286. The number of likely N-dealkylation sites (tertiary alicyclic amines) is 1. The number of rotatable bonds is 5. The van der Waals surface area contributed by atoms with Gasteiger partial charge in [0.2, 0.25) is 11.8 Å². The smallest absolute Gasteiger partial charge is 0.244 e. The van der Waals surface area contributed by atoms with E-state index in [9.17, 15) is 14.0 Å². The van der Waals surface area contributed by atoms with Crippen LogP contribution in [-0.2, 0) is 22.6 Å². The second-order valence-corrected chi connectivity index (χ2v) is 7.45. The first-order valence-electron chi connectivity index (χ1n) is 9.48. The third kappa shape index (κ3) is 4.24. The first-order chi connectivity index (χ1) is 14.0. The van der Waals surface area contributed by atoms with Crippen LogP contribution in [-0.4, -0.2) is 39.4 Å². The Kier molecular flexibility index (Phi) is 5.49. The van der Waals surface area contributed by atoms with Gasteiger partial charge in [-0.2, -0.15) is 0 Å². The van der Waals surface area contributed by atoms with Gasteiger partial charge in [0.05, 0.1) is 22.5 Å². The van der Waals surface area contributed by atoms with E-state index >= 15 is 0 Å². The number of para-hydroxylation sites is 2. The largest absolute Gasteiger partial charge is 0.342 e. The number of aromatic nitrogens is 2. The Labute approximate surface area is 172 Å². The fourth-order valence-electron chi connectivity index (χ4n) is 3.57. The number of fused-ring (bicyclic) bond motifs is 1. The number of hydrogen-bond donors (Lipinski definition) is 1. The van der Waals surface area contributed by atoms with Crippen molar-refractivity contribution in [3.8, 4) is 0 Å². The molecule has 2 amide bonds. The minimum Gasteiger partial charge on any atom is -0.342 e. The van der Waals surface area contributed by atoms with Crippen molar-refractivity contribution in [1.82, 2.24) is 14.5 Å². The Morgan fingerprint density at radius 2 is 1.90 bits per heavy atom. The van der Waals surface area contributed by atoms with Crippen molar-refractivity contribution in [2.24, 2.45) is 0 Å². The van der Waals surface area contributed by atoms with Gasteiger partial charge in [-0.25, -0.2) is 9.37 Å². The summed E-state index contributed by atoms with van der Waals surface area (Å²) in [6, 6.07) is 11.5. The van der Waals surface area contributed by atoms with Gasteiger partial charge in [-0.3, -0.25) is 9.59 Å². The van der Waals surface area contributed by atoms with E-state index in [1.807, 2.05) is 29.2 Å². The molecule has 0 saturated carbocycles. The summed E-state index contributed by atoms with van der Waals surface area (Å²) in [6.45, 7) is 1.52. The lowest BCUT2D eigenvalue weighted by atomic mass is 10.3. The highest BCUT2D eigenvalue weighted by molar-refractivity contribution is 6.31. The number of halogens is 2. The number of nitrogens with zero attached hydrogens (tertiary/aromatic N) is 3. The quantitative estimate of drug-likeness (QED) is 0.693. The summed E-state index contributed by atoms with van der Waals surface area (Å²) in [5, 5.41) is 2.65. The summed E-state index contributed by atoms with van der Waals surface area (Å²) in [5.41, 5.74) is 1.92. The second-order valence-electron chi connectivity index (χ2n) is 7.04. The average Bonchev–Trinajstić information content (AvgIpc) is 3.34. The predicted octanol–water partition coefficient (Wildman–Crippen LogP) is 3.63. The van der Waals surface area contributed by atoms with Crippen LogP contribution in [0, 0.1) is 5.82 Å². The molecule has 8 heteroatoms. The van der Waals surface area contributed by atoms with Crippen molar-refractivity contribution >= 4 is 40.1 Å². The van der Waals surface area contributed by atoms with Gasteiger partial charge in [0.25, 0.3) is 0 Å². The maximum absolute atomic E-state index is 13.3. The molecule has 0 atom stereocenters. The molecule has 1 aromatic heterocycles. The second kappa shape index (κ2) is 8.21. The summed E-state index contributed by atoms with van der Waals surface area (Å²) in [6.07, 6.45) is 2.18. The molecular weight excluding hydrogens is 395 g/mol. The molecule has 29 heavy (non-hydrogen) atoms. The zero-order valence-electron chi connectivity index (χ0n) is 15.7. The van der Waals surface area contributed by atoms with E-state index < -0.39 is 5.82 Å². The van der Waals surface area contributed by atoms with Crippen LogP contribution in [0.3, 0.4) is 0 Å². The third-order valence-corrected chi connectivity index (χ3v) is 5.30. The van der Waals surface area contributed by atoms with E-state index in [0.717, 1.165) is 37.0 Å². The van der Waals surface area contributed by atoms with Gasteiger partial charge in [-0.1, -0.05) is 23.7 Å². The van der Waals surface area contributed by atoms with Crippen LogP contribution in [0.25, 0.3) is 11.0 Å². The maximum atomic E-state index is 13.3. The summed E-state index contributed by atoms with van der Waals surface area (Å²) < 4.78 is 15.1. The Morgan fingerprint density at radius 3 is 2.66 bits per heavy atom. The number of nitrogens with one attached hydrogen (secondary N) is 1. The molecule has 2 aromatic carbocycles. The Morgan fingerprint density at radius 1 is 1.14 bits per heavy atom. The van der Waals surface area contributed by atoms with Gasteiger partial charge in [0.15, 0.2) is 0 Å². The van der Waals surface area contributed by atoms with Crippen LogP contribution < -0.4 is 5.32 Å². The fourth-order valence-corrected chi connectivity index (χ4v) is 3.75. The Balaban J connectivity index is 1.57. The van der Waals surface area contributed by atoms with E-state index in [0.29, 0.717) is 11.5 Å². The topological polar surface area (TPSA) is 67.2 Å². The van der Waals surface area contributed by atoms with Crippen molar-refractivity contribution in [2.45, 2.75) is 25.8 Å². The van der Waals surface area contributed by atoms with Crippen molar-refractivity contribution in [3.63, 3.8) is 0 Å². The van der Waals surface area contributed by atoms with Crippen molar-refractivity contribution < 1.29 is 14.0 Å². The highest BCUT2D eigenvalue weighted by Crippen LogP contribution is 2.21. The van der Waals surface area contributed by atoms with E-state index in [-0.39, 0.29) is 29.8 Å².